The number of carbonyl (C=O) groups excluding carboxylic acids is 1. The molecule has 30 heavy (non-hydrogen) atoms. The number of sulfonamides is 1. The van der Waals surface area contributed by atoms with E-state index in [2.05, 4.69) is 15.0 Å². The van der Waals surface area contributed by atoms with E-state index in [4.69, 9.17) is 11.6 Å². The fourth-order valence-corrected chi connectivity index (χ4v) is 5.69. The van der Waals surface area contributed by atoms with Crippen LogP contribution in [-0.2, 0) is 10.0 Å². The summed E-state index contributed by atoms with van der Waals surface area (Å²) in [7, 11) is -3.70. The molecule has 0 spiro atoms. The molecule has 8 nitrogen and oxygen atoms in total. The summed E-state index contributed by atoms with van der Waals surface area (Å²) in [5, 5.41) is 1.73. The third-order valence-electron chi connectivity index (χ3n) is 5.41. The van der Waals surface area contributed by atoms with Gasteiger partial charge in [0.1, 0.15) is 16.2 Å². The van der Waals surface area contributed by atoms with Gasteiger partial charge in [-0.15, -0.1) is 0 Å². The van der Waals surface area contributed by atoms with Gasteiger partial charge in [0.25, 0.3) is 5.91 Å². The maximum Gasteiger partial charge on any atom is 0.271 e. The molecule has 154 valence electrons. The average Bonchev–Trinajstić information content (AvgIpc) is 3.35. The minimum Gasteiger partial charge on any atom is -0.349 e. The molecule has 1 aliphatic heterocycles. The quantitative estimate of drug-likeness (QED) is 0.508. The van der Waals surface area contributed by atoms with Gasteiger partial charge in [-0.2, -0.15) is 4.31 Å². The number of piperazine rings is 1. The molecule has 4 aromatic rings. The van der Waals surface area contributed by atoms with Crippen LogP contribution in [0.5, 0.6) is 0 Å². The van der Waals surface area contributed by atoms with Crippen LogP contribution in [0.2, 0.25) is 5.02 Å². The van der Waals surface area contributed by atoms with Crippen molar-refractivity contribution >= 4 is 49.5 Å². The van der Waals surface area contributed by atoms with Crippen LogP contribution in [0.4, 0.5) is 0 Å². The number of para-hydroxylation sites is 1. The first-order chi connectivity index (χ1) is 14.5. The number of hydrogen-bond acceptors (Lipinski definition) is 4. The minimum absolute atomic E-state index is 0.198. The maximum absolute atomic E-state index is 13.1. The first-order valence-electron chi connectivity index (χ1n) is 9.44. The lowest BCUT2D eigenvalue weighted by Crippen LogP contribution is -2.50. The number of benzene rings is 1. The van der Waals surface area contributed by atoms with Crippen molar-refractivity contribution in [2.24, 2.45) is 0 Å². The van der Waals surface area contributed by atoms with Crippen LogP contribution in [0.1, 0.15) is 10.5 Å². The Morgan fingerprint density at radius 3 is 2.53 bits per heavy atom. The molecule has 1 saturated heterocycles. The van der Waals surface area contributed by atoms with E-state index in [-0.39, 0.29) is 37.0 Å². The first kappa shape index (κ1) is 19.1. The molecule has 4 heterocycles. The fraction of sp³-hybridized carbons (Fsp3) is 0.200. The smallest absolute Gasteiger partial charge is 0.271 e. The van der Waals surface area contributed by atoms with E-state index in [0.29, 0.717) is 21.7 Å². The number of nitrogens with one attached hydrogen (secondary N) is 2. The fourth-order valence-electron chi connectivity index (χ4n) is 3.83. The Morgan fingerprint density at radius 1 is 1.03 bits per heavy atom. The third-order valence-corrected chi connectivity index (χ3v) is 7.74. The van der Waals surface area contributed by atoms with E-state index in [1.165, 1.54) is 10.5 Å². The highest BCUT2D eigenvalue weighted by Crippen LogP contribution is 2.29. The predicted octanol–water partition coefficient (Wildman–Crippen LogP) is 2.84. The van der Waals surface area contributed by atoms with Crippen molar-refractivity contribution in [3.8, 4) is 0 Å². The monoisotopic (exact) mass is 443 g/mol. The molecule has 0 unspecified atom stereocenters. The maximum atomic E-state index is 13.1. The largest absolute Gasteiger partial charge is 0.349 e. The van der Waals surface area contributed by atoms with E-state index >= 15 is 0 Å². The summed E-state index contributed by atoms with van der Waals surface area (Å²) in [5.74, 6) is -0.232. The highest BCUT2D eigenvalue weighted by molar-refractivity contribution is 7.89. The van der Waals surface area contributed by atoms with Crippen LogP contribution >= 0.6 is 11.6 Å². The third kappa shape index (κ3) is 2.97. The summed E-state index contributed by atoms with van der Waals surface area (Å²) in [6.07, 6.45) is 3.07. The summed E-state index contributed by atoms with van der Waals surface area (Å²) < 4.78 is 27.7. The number of pyridine rings is 1. The van der Waals surface area contributed by atoms with Gasteiger partial charge < -0.3 is 14.9 Å². The van der Waals surface area contributed by atoms with Crippen molar-refractivity contribution in [2.45, 2.75) is 4.90 Å². The number of rotatable bonds is 3. The summed E-state index contributed by atoms with van der Waals surface area (Å²) in [6.45, 7) is 0.979. The zero-order chi connectivity index (χ0) is 20.9. The molecule has 1 amide bonds. The van der Waals surface area contributed by atoms with Crippen molar-refractivity contribution in [3.63, 3.8) is 0 Å². The van der Waals surface area contributed by atoms with Gasteiger partial charge in [0.2, 0.25) is 10.0 Å². The number of nitrogens with zero attached hydrogens (tertiary/aromatic N) is 3. The van der Waals surface area contributed by atoms with E-state index in [0.717, 1.165) is 10.9 Å². The van der Waals surface area contributed by atoms with Gasteiger partial charge in [-0.3, -0.25) is 4.79 Å². The summed E-state index contributed by atoms with van der Waals surface area (Å²) in [6, 6.07) is 10.9. The van der Waals surface area contributed by atoms with Gasteiger partial charge in [-0.25, -0.2) is 13.4 Å². The van der Waals surface area contributed by atoms with Gasteiger partial charge in [0.15, 0.2) is 0 Å². The standard InChI is InChI=1S/C20H18ClN5O3S/c21-17-13-4-1-2-6-15(13)24-18(17)20(27)25-8-10-26(11-9-25)30(28,29)16-12-23-19-14(16)5-3-7-22-19/h1-7,12,24H,8-11H2,(H,22,23). The van der Waals surface area contributed by atoms with Gasteiger partial charge in [-0.05, 0) is 18.2 Å². The zero-order valence-electron chi connectivity index (χ0n) is 15.8. The zero-order valence-corrected chi connectivity index (χ0v) is 17.4. The van der Waals surface area contributed by atoms with Crippen molar-refractivity contribution < 1.29 is 13.2 Å². The van der Waals surface area contributed by atoms with Crippen molar-refractivity contribution in [2.75, 3.05) is 26.2 Å². The number of H-pyrrole nitrogens is 2. The molecule has 0 atom stereocenters. The second-order valence-corrected chi connectivity index (χ2v) is 9.39. The minimum atomic E-state index is -3.70. The van der Waals surface area contributed by atoms with E-state index in [1.807, 2.05) is 24.3 Å². The van der Waals surface area contributed by atoms with Crippen LogP contribution < -0.4 is 0 Å². The molecule has 0 saturated carbocycles. The van der Waals surface area contributed by atoms with E-state index in [1.54, 1.807) is 23.2 Å². The van der Waals surface area contributed by atoms with Crippen LogP contribution in [-0.4, -0.2) is 64.7 Å². The Balaban J connectivity index is 1.35. The number of amides is 1. The number of carbonyl (C=O) groups is 1. The Kier molecular flexibility index (Phi) is 4.53. The van der Waals surface area contributed by atoms with Crippen LogP contribution in [0.15, 0.2) is 53.7 Å². The second kappa shape index (κ2) is 7.12. The second-order valence-electron chi connectivity index (χ2n) is 7.11. The van der Waals surface area contributed by atoms with Crippen molar-refractivity contribution in [1.82, 2.24) is 24.2 Å². The van der Waals surface area contributed by atoms with E-state index < -0.39 is 10.0 Å². The lowest BCUT2D eigenvalue weighted by Gasteiger charge is -2.33. The van der Waals surface area contributed by atoms with Crippen LogP contribution in [0.3, 0.4) is 0 Å². The molecule has 1 fully saturated rings. The summed E-state index contributed by atoms with van der Waals surface area (Å²) in [5.41, 5.74) is 1.65. The molecular weight excluding hydrogens is 426 g/mol. The normalized spacial score (nSPS) is 15.8. The first-order valence-corrected chi connectivity index (χ1v) is 11.3. The van der Waals surface area contributed by atoms with Gasteiger partial charge >= 0.3 is 0 Å². The topological polar surface area (TPSA) is 102 Å². The molecule has 2 N–H and O–H groups in total. The molecule has 0 aliphatic carbocycles. The van der Waals surface area contributed by atoms with Gasteiger partial charge in [0, 0.05) is 54.9 Å². The number of aromatic nitrogens is 3. The Labute approximate surface area is 177 Å². The molecule has 3 aromatic heterocycles. The Morgan fingerprint density at radius 2 is 1.77 bits per heavy atom. The number of fused-ring (bicyclic) bond motifs is 2. The highest BCUT2D eigenvalue weighted by Gasteiger charge is 2.33. The van der Waals surface area contributed by atoms with Crippen LogP contribution in [0.25, 0.3) is 21.9 Å². The van der Waals surface area contributed by atoms with E-state index in [9.17, 15) is 13.2 Å². The Bertz CT molecular complexity index is 1370. The highest BCUT2D eigenvalue weighted by atomic mass is 35.5. The summed E-state index contributed by atoms with van der Waals surface area (Å²) in [4.78, 5) is 24.9. The molecule has 1 aliphatic rings. The molecule has 0 bridgehead atoms. The van der Waals surface area contributed by atoms with Crippen molar-refractivity contribution in [1.29, 1.82) is 0 Å². The molecule has 5 rings (SSSR count). The van der Waals surface area contributed by atoms with Gasteiger partial charge in [-0.1, -0.05) is 29.8 Å². The lowest BCUT2D eigenvalue weighted by atomic mass is 10.2. The number of aromatic amines is 2. The van der Waals surface area contributed by atoms with Crippen LogP contribution in [0, 0.1) is 0 Å². The Hall–Kier alpha value is -2.88. The molecular formula is C20H18ClN5O3S. The molecule has 10 heteroatoms. The summed E-state index contributed by atoms with van der Waals surface area (Å²) >= 11 is 6.40. The molecule has 0 radical (unpaired) electrons. The lowest BCUT2D eigenvalue weighted by molar-refractivity contribution is 0.0693. The number of hydrogen-bond donors (Lipinski definition) is 2. The van der Waals surface area contributed by atoms with Gasteiger partial charge in [0.05, 0.1) is 5.02 Å². The predicted molar refractivity (Wildman–Crippen MR) is 114 cm³/mol. The SMILES string of the molecule is O=C(c1[nH]c2ccccc2c1Cl)N1CCN(S(=O)(=O)c2c[nH]c3ncccc23)CC1. The average molecular weight is 444 g/mol. The molecule has 1 aromatic carbocycles. The van der Waals surface area contributed by atoms with Crippen molar-refractivity contribution in [3.05, 3.63) is 59.5 Å². The number of halogens is 1.